The van der Waals surface area contributed by atoms with E-state index in [0.29, 0.717) is 24.2 Å². The molecule has 110 valence electrons. The van der Waals surface area contributed by atoms with Crippen molar-refractivity contribution < 1.29 is 13.9 Å². The third-order valence-corrected chi connectivity index (χ3v) is 3.28. The first-order valence-electron chi connectivity index (χ1n) is 6.76. The van der Waals surface area contributed by atoms with Gasteiger partial charge in [-0.2, -0.15) is 0 Å². The van der Waals surface area contributed by atoms with Gasteiger partial charge in [-0.1, -0.05) is 6.07 Å². The molecular formula is C15H21FN2O2. The van der Waals surface area contributed by atoms with Gasteiger partial charge in [0, 0.05) is 18.2 Å². The summed E-state index contributed by atoms with van der Waals surface area (Å²) in [7, 11) is 0. The van der Waals surface area contributed by atoms with Gasteiger partial charge < -0.3 is 10.5 Å². The SMILES string of the molecule is Cc1ccc(F)c2c1N(C(=O)OC(C)(C)C)CCC2N. The maximum absolute atomic E-state index is 14.0. The molecule has 0 fully saturated rings. The van der Waals surface area contributed by atoms with Crippen LogP contribution >= 0.6 is 0 Å². The van der Waals surface area contributed by atoms with E-state index in [2.05, 4.69) is 0 Å². The van der Waals surface area contributed by atoms with Gasteiger partial charge in [0.2, 0.25) is 0 Å². The number of hydrogen-bond acceptors (Lipinski definition) is 3. The summed E-state index contributed by atoms with van der Waals surface area (Å²) in [6, 6.07) is 2.67. The number of benzene rings is 1. The average Bonchev–Trinajstić information content (AvgIpc) is 2.31. The number of fused-ring (bicyclic) bond motifs is 1. The maximum atomic E-state index is 14.0. The molecule has 1 atom stereocenters. The molecule has 0 aliphatic carbocycles. The zero-order valence-corrected chi connectivity index (χ0v) is 12.4. The Balaban J connectivity index is 2.43. The third-order valence-electron chi connectivity index (χ3n) is 3.28. The molecule has 5 heteroatoms. The minimum Gasteiger partial charge on any atom is -0.443 e. The number of anilines is 1. The van der Waals surface area contributed by atoms with Gasteiger partial charge in [-0.25, -0.2) is 9.18 Å². The summed E-state index contributed by atoms with van der Waals surface area (Å²) in [5.74, 6) is -0.369. The molecule has 20 heavy (non-hydrogen) atoms. The van der Waals surface area contributed by atoms with Crippen molar-refractivity contribution in [3.63, 3.8) is 0 Å². The quantitative estimate of drug-likeness (QED) is 0.793. The standard InChI is InChI=1S/C15H21FN2O2/c1-9-5-6-10(16)12-11(17)7-8-18(13(9)12)14(19)20-15(2,3)4/h5-6,11H,7-8,17H2,1-4H3. The fourth-order valence-electron chi connectivity index (χ4n) is 2.43. The van der Waals surface area contributed by atoms with Gasteiger partial charge >= 0.3 is 6.09 Å². The Kier molecular flexibility index (Phi) is 3.73. The second-order valence-corrected chi connectivity index (χ2v) is 6.15. The molecule has 1 aliphatic heterocycles. The summed E-state index contributed by atoms with van der Waals surface area (Å²) in [5.41, 5.74) is 7.18. The molecule has 4 nitrogen and oxygen atoms in total. The highest BCUT2D eigenvalue weighted by Crippen LogP contribution is 2.37. The van der Waals surface area contributed by atoms with Crippen LogP contribution in [0, 0.1) is 12.7 Å². The van der Waals surface area contributed by atoms with Gasteiger partial charge in [-0.15, -0.1) is 0 Å². The zero-order valence-electron chi connectivity index (χ0n) is 12.4. The van der Waals surface area contributed by atoms with Crippen LogP contribution in [-0.2, 0) is 4.74 Å². The highest BCUT2D eigenvalue weighted by Gasteiger charge is 2.33. The molecule has 2 rings (SSSR count). The second-order valence-electron chi connectivity index (χ2n) is 6.15. The Morgan fingerprint density at radius 3 is 2.70 bits per heavy atom. The van der Waals surface area contributed by atoms with Crippen molar-refractivity contribution in [1.82, 2.24) is 0 Å². The molecule has 0 spiro atoms. The fourth-order valence-corrected chi connectivity index (χ4v) is 2.43. The summed E-state index contributed by atoms with van der Waals surface area (Å²) in [4.78, 5) is 13.8. The normalized spacial score (nSPS) is 18.7. The van der Waals surface area contributed by atoms with Crippen molar-refractivity contribution in [3.05, 3.63) is 29.1 Å². The highest BCUT2D eigenvalue weighted by molar-refractivity contribution is 5.91. The van der Waals surface area contributed by atoms with E-state index in [0.717, 1.165) is 5.56 Å². The van der Waals surface area contributed by atoms with E-state index >= 15 is 0 Å². The van der Waals surface area contributed by atoms with E-state index in [4.69, 9.17) is 10.5 Å². The van der Waals surface area contributed by atoms with Crippen molar-refractivity contribution in [1.29, 1.82) is 0 Å². The molecule has 0 radical (unpaired) electrons. The summed E-state index contributed by atoms with van der Waals surface area (Å²) in [6.45, 7) is 7.70. The van der Waals surface area contributed by atoms with Gasteiger partial charge in [-0.3, -0.25) is 4.90 Å². The monoisotopic (exact) mass is 280 g/mol. The molecule has 0 bridgehead atoms. The zero-order chi connectivity index (χ0) is 15.1. The van der Waals surface area contributed by atoms with E-state index in [-0.39, 0.29) is 11.9 Å². The number of hydrogen-bond donors (Lipinski definition) is 1. The molecule has 1 aliphatic rings. The second kappa shape index (κ2) is 5.05. The number of nitrogens with zero attached hydrogens (tertiary/aromatic N) is 1. The Labute approximate surface area is 118 Å². The Bertz CT molecular complexity index is 537. The predicted molar refractivity (Wildman–Crippen MR) is 76.3 cm³/mol. The van der Waals surface area contributed by atoms with Crippen LogP contribution in [0.4, 0.5) is 14.9 Å². The van der Waals surface area contributed by atoms with E-state index in [1.54, 1.807) is 26.8 Å². The maximum Gasteiger partial charge on any atom is 0.414 e. The number of nitrogens with two attached hydrogens (primary N) is 1. The van der Waals surface area contributed by atoms with Gasteiger partial charge in [0.05, 0.1) is 5.69 Å². The lowest BCUT2D eigenvalue weighted by Crippen LogP contribution is -2.42. The predicted octanol–water partition coefficient (Wildman–Crippen LogP) is 3.28. The van der Waals surface area contributed by atoms with Crippen LogP contribution in [0.5, 0.6) is 0 Å². The average molecular weight is 280 g/mol. The van der Waals surface area contributed by atoms with Gasteiger partial charge in [-0.05, 0) is 45.7 Å². The highest BCUT2D eigenvalue weighted by atomic mass is 19.1. The number of rotatable bonds is 0. The van der Waals surface area contributed by atoms with Crippen molar-refractivity contribution in [3.8, 4) is 0 Å². The van der Waals surface area contributed by atoms with Crippen LogP contribution in [0.1, 0.15) is 44.4 Å². The van der Waals surface area contributed by atoms with Crippen molar-refractivity contribution in [2.45, 2.75) is 45.8 Å². The molecule has 1 heterocycles. The summed E-state index contributed by atoms with van der Waals surface area (Å²) in [6.07, 6.45) is 0.0615. The van der Waals surface area contributed by atoms with Crippen LogP contribution in [0.3, 0.4) is 0 Å². The van der Waals surface area contributed by atoms with Crippen molar-refractivity contribution in [2.24, 2.45) is 5.73 Å². The lowest BCUT2D eigenvalue weighted by Gasteiger charge is -2.35. The number of amides is 1. The summed E-state index contributed by atoms with van der Waals surface area (Å²) < 4.78 is 19.4. The van der Waals surface area contributed by atoms with Crippen LogP contribution in [-0.4, -0.2) is 18.2 Å². The van der Waals surface area contributed by atoms with Crippen LogP contribution in [0.2, 0.25) is 0 Å². The van der Waals surface area contributed by atoms with E-state index < -0.39 is 11.7 Å². The third kappa shape index (κ3) is 2.77. The van der Waals surface area contributed by atoms with Crippen molar-refractivity contribution in [2.75, 3.05) is 11.4 Å². The van der Waals surface area contributed by atoms with Crippen LogP contribution in [0.15, 0.2) is 12.1 Å². The van der Waals surface area contributed by atoms with E-state index in [9.17, 15) is 9.18 Å². The van der Waals surface area contributed by atoms with Crippen LogP contribution < -0.4 is 10.6 Å². The first-order chi connectivity index (χ1) is 9.20. The number of carbonyl (C=O) groups is 1. The lowest BCUT2D eigenvalue weighted by atomic mass is 9.94. The topological polar surface area (TPSA) is 55.6 Å². The molecule has 1 unspecified atom stereocenters. The minimum absolute atomic E-state index is 0.369. The van der Waals surface area contributed by atoms with Crippen molar-refractivity contribution >= 4 is 11.8 Å². The first kappa shape index (κ1) is 14.8. The molecule has 1 aromatic rings. The number of carbonyl (C=O) groups excluding carboxylic acids is 1. The Morgan fingerprint density at radius 1 is 1.45 bits per heavy atom. The van der Waals surface area contributed by atoms with Gasteiger partial charge in [0.25, 0.3) is 0 Å². The number of aryl methyl sites for hydroxylation is 1. The molecule has 1 amide bonds. The Morgan fingerprint density at radius 2 is 2.10 bits per heavy atom. The van der Waals surface area contributed by atoms with Gasteiger partial charge in [0.15, 0.2) is 0 Å². The molecule has 0 saturated heterocycles. The smallest absolute Gasteiger partial charge is 0.414 e. The molecule has 2 N–H and O–H groups in total. The fraction of sp³-hybridized carbons (Fsp3) is 0.533. The first-order valence-corrected chi connectivity index (χ1v) is 6.76. The van der Waals surface area contributed by atoms with Gasteiger partial charge in [0.1, 0.15) is 11.4 Å². The Hall–Kier alpha value is -1.62. The molecule has 1 aromatic carbocycles. The number of ether oxygens (including phenoxy) is 1. The van der Waals surface area contributed by atoms with E-state index in [1.165, 1.54) is 11.0 Å². The largest absolute Gasteiger partial charge is 0.443 e. The summed E-state index contributed by atoms with van der Waals surface area (Å²) in [5, 5.41) is 0. The molecular weight excluding hydrogens is 259 g/mol. The lowest BCUT2D eigenvalue weighted by molar-refractivity contribution is 0.0576. The minimum atomic E-state index is -0.585. The molecule has 0 saturated carbocycles. The number of halogens is 1. The van der Waals surface area contributed by atoms with E-state index in [1.807, 2.05) is 6.92 Å². The molecule has 0 aromatic heterocycles. The summed E-state index contributed by atoms with van der Waals surface area (Å²) >= 11 is 0. The van der Waals surface area contributed by atoms with Crippen LogP contribution in [0.25, 0.3) is 0 Å².